The van der Waals surface area contributed by atoms with E-state index in [4.69, 9.17) is 11.5 Å². The van der Waals surface area contributed by atoms with Crippen LogP contribution in [0.25, 0.3) is 0 Å². The third kappa shape index (κ3) is 3.57. The van der Waals surface area contributed by atoms with Crippen molar-refractivity contribution >= 4 is 27.8 Å². The van der Waals surface area contributed by atoms with Crippen molar-refractivity contribution in [3.63, 3.8) is 0 Å². The monoisotopic (exact) mass is 313 g/mol. The number of terminal acetylenes is 1. The molecule has 1 unspecified atom stereocenters. The summed E-state index contributed by atoms with van der Waals surface area (Å²) in [4.78, 5) is 22.5. The zero-order valence-electron chi connectivity index (χ0n) is 9.11. The van der Waals surface area contributed by atoms with Crippen LogP contribution in [0.15, 0.2) is 22.7 Å². The highest BCUT2D eigenvalue weighted by molar-refractivity contribution is 9.10. The lowest BCUT2D eigenvalue weighted by Gasteiger charge is -2.11. The van der Waals surface area contributed by atoms with Crippen molar-refractivity contribution in [1.29, 1.82) is 0 Å². The van der Waals surface area contributed by atoms with Crippen LogP contribution in [0.4, 0.5) is 4.39 Å². The van der Waals surface area contributed by atoms with E-state index in [-0.39, 0.29) is 16.5 Å². The molecule has 1 amide bonds. The van der Waals surface area contributed by atoms with Crippen molar-refractivity contribution in [2.45, 2.75) is 12.5 Å². The van der Waals surface area contributed by atoms with Gasteiger partial charge in [-0.3, -0.25) is 4.79 Å². The van der Waals surface area contributed by atoms with Gasteiger partial charge in [0, 0.05) is 12.0 Å². The van der Waals surface area contributed by atoms with Crippen molar-refractivity contribution in [2.24, 2.45) is 0 Å². The third-order valence-electron chi connectivity index (χ3n) is 2.11. The zero-order valence-corrected chi connectivity index (χ0v) is 10.7. The first-order valence-electron chi connectivity index (χ1n) is 4.88. The molecule has 0 bridgehead atoms. The van der Waals surface area contributed by atoms with E-state index in [1.54, 1.807) is 0 Å². The molecule has 0 aliphatic heterocycles. The number of benzene rings is 1. The number of halogens is 2. The SMILES string of the molecule is C#CCC(NC(=O)c1ccc(Br)c(F)c1)C(=O)O. The molecular formula is C12H9BrFNO3. The second-order valence-corrected chi connectivity index (χ2v) is 4.26. The number of hydrogen-bond acceptors (Lipinski definition) is 2. The van der Waals surface area contributed by atoms with Crippen molar-refractivity contribution in [3.05, 3.63) is 34.1 Å². The van der Waals surface area contributed by atoms with E-state index >= 15 is 0 Å². The molecule has 2 N–H and O–H groups in total. The highest BCUT2D eigenvalue weighted by Crippen LogP contribution is 2.16. The smallest absolute Gasteiger partial charge is 0.327 e. The topological polar surface area (TPSA) is 66.4 Å². The van der Waals surface area contributed by atoms with E-state index in [0.717, 1.165) is 6.07 Å². The molecule has 0 heterocycles. The van der Waals surface area contributed by atoms with E-state index < -0.39 is 23.7 Å². The van der Waals surface area contributed by atoms with E-state index in [2.05, 4.69) is 27.2 Å². The summed E-state index contributed by atoms with van der Waals surface area (Å²) in [5.41, 5.74) is 0.0268. The van der Waals surface area contributed by atoms with E-state index in [0.29, 0.717) is 0 Å². The van der Waals surface area contributed by atoms with Gasteiger partial charge >= 0.3 is 5.97 Å². The summed E-state index contributed by atoms with van der Waals surface area (Å²) in [6.07, 6.45) is 4.86. The highest BCUT2D eigenvalue weighted by Gasteiger charge is 2.19. The summed E-state index contributed by atoms with van der Waals surface area (Å²) in [5.74, 6) is -0.384. The van der Waals surface area contributed by atoms with Crippen LogP contribution in [0, 0.1) is 18.2 Å². The van der Waals surface area contributed by atoms with Crippen molar-refractivity contribution < 1.29 is 19.1 Å². The van der Waals surface area contributed by atoms with Gasteiger partial charge in [0.25, 0.3) is 5.91 Å². The van der Waals surface area contributed by atoms with Gasteiger partial charge in [-0.2, -0.15) is 0 Å². The number of rotatable bonds is 4. The van der Waals surface area contributed by atoms with Gasteiger partial charge in [0.2, 0.25) is 0 Å². The van der Waals surface area contributed by atoms with Crippen LogP contribution in [0.2, 0.25) is 0 Å². The largest absolute Gasteiger partial charge is 0.480 e. The fraction of sp³-hybridized carbons (Fsp3) is 0.167. The number of carboxylic acid groups (broad SMARTS) is 1. The Balaban J connectivity index is 2.84. The molecule has 1 rings (SSSR count). The maximum absolute atomic E-state index is 13.2. The van der Waals surface area contributed by atoms with Gasteiger partial charge in [0.05, 0.1) is 4.47 Å². The first-order chi connectivity index (χ1) is 8.45. The normalized spacial score (nSPS) is 11.4. The molecule has 0 aromatic heterocycles. The van der Waals surface area contributed by atoms with Crippen LogP contribution in [0.3, 0.4) is 0 Å². The van der Waals surface area contributed by atoms with Crippen LogP contribution in [0.1, 0.15) is 16.8 Å². The lowest BCUT2D eigenvalue weighted by Crippen LogP contribution is -2.40. The molecule has 1 atom stereocenters. The molecule has 6 heteroatoms. The highest BCUT2D eigenvalue weighted by atomic mass is 79.9. The molecular weight excluding hydrogens is 305 g/mol. The number of carboxylic acids is 1. The number of aliphatic carboxylic acids is 1. The molecule has 0 radical (unpaired) electrons. The number of hydrogen-bond donors (Lipinski definition) is 2. The quantitative estimate of drug-likeness (QED) is 0.833. The Kier molecular flexibility index (Phi) is 4.86. The number of nitrogens with one attached hydrogen (secondary N) is 1. The molecule has 0 saturated heterocycles. The Morgan fingerprint density at radius 1 is 1.56 bits per heavy atom. The standard InChI is InChI=1S/C12H9BrFNO3/c1-2-3-10(12(17)18)15-11(16)7-4-5-8(13)9(14)6-7/h1,4-6,10H,3H2,(H,15,16)(H,17,18). The Labute approximate surface area is 111 Å². The van der Waals surface area contributed by atoms with Crippen LogP contribution in [0.5, 0.6) is 0 Å². The van der Waals surface area contributed by atoms with Crippen LogP contribution in [-0.2, 0) is 4.79 Å². The van der Waals surface area contributed by atoms with Crippen molar-refractivity contribution in [1.82, 2.24) is 5.32 Å². The minimum absolute atomic E-state index is 0.0268. The first-order valence-corrected chi connectivity index (χ1v) is 5.67. The average Bonchev–Trinajstić information content (AvgIpc) is 2.31. The second-order valence-electron chi connectivity index (χ2n) is 3.40. The fourth-order valence-electron chi connectivity index (χ4n) is 1.20. The van der Waals surface area contributed by atoms with Gasteiger partial charge in [-0.1, -0.05) is 0 Å². The summed E-state index contributed by atoms with van der Waals surface area (Å²) < 4.78 is 13.4. The first kappa shape index (κ1) is 14.2. The summed E-state index contributed by atoms with van der Waals surface area (Å²) >= 11 is 2.95. The maximum atomic E-state index is 13.2. The third-order valence-corrected chi connectivity index (χ3v) is 2.75. The molecule has 18 heavy (non-hydrogen) atoms. The molecule has 1 aromatic rings. The minimum Gasteiger partial charge on any atom is -0.480 e. The average molecular weight is 314 g/mol. The predicted octanol–water partition coefficient (Wildman–Crippen LogP) is 1.79. The van der Waals surface area contributed by atoms with E-state index in [9.17, 15) is 14.0 Å². The lowest BCUT2D eigenvalue weighted by molar-refractivity contribution is -0.139. The van der Waals surface area contributed by atoms with Gasteiger partial charge < -0.3 is 10.4 Å². The van der Waals surface area contributed by atoms with Crippen molar-refractivity contribution in [2.75, 3.05) is 0 Å². The van der Waals surface area contributed by atoms with Gasteiger partial charge in [0.15, 0.2) is 0 Å². The van der Waals surface area contributed by atoms with E-state index in [1.807, 2.05) is 0 Å². The maximum Gasteiger partial charge on any atom is 0.327 e. The van der Waals surface area contributed by atoms with E-state index in [1.165, 1.54) is 12.1 Å². The molecule has 4 nitrogen and oxygen atoms in total. The summed E-state index contributed by atoms with van der Waals surface area (Å²) in [5, 5.41) is 11.0. The Bertz CT molecular complexity index is 525. The summed E-state index contributed by atoms with van der Waals surface area (Å²) in [6.45, 7) is 0. The fourth-order valence-corrected chi connectivity index (χ4v) is 1.44. The molecule has 0 fully saturated rings. The molecule has 0 saturated carbocycles. The second kappa shape index (κ2) is 6.17. The molecule has 0 aliphatic carbocycles. The zero-order chi connectivity index (χ0) is 13.7. The summed E-state index contributed by atoms with van der Waals surface area (Å²) in [7, 11) is 0. The predicted molar refractivity (Wildman–Crippen MR) is 66.4 cm³/mol. The Morgan fingerprint density at radius 3 is 2.72 bits per heavy atom. The number of carbonyl (C=O) groups is 2. The lowest BCUT2D eigenvalue weighted by atomic mass is 10.1. The van der Waals surface area contributed by atoms with Gasteiger partial charge in [-0.15, -0.1) is 12.3 Å². The van der Waals surface area contributed by atoms with Gasteiger partial charge in [-0.25, -0.2) is 9.18 Å². The van der Waals surface area contributed by atoms with Crippen molar-refractivity contribution in [3.8, 4) is 12.3 Å². The van der Waals surface area contributed by atoms with Crippen LogP contribution >= 0.6 is 15.9 Å². The number of amides is 1. The Morgan fingerprint density at radius 2 is 2.22 bits per heavy atom. The molecule has 94 valence electrons. The van der Waals surface area contributed by atoms with Gasteiger partial charge in [-0.05, 0) is 34.1 Å². The van der Waals surface area contributed by atoms with Gasteiger partial charge in [0.1, 0.15) is 11.9 Å². The number of carbonyl (C=O) groups excluding carboxylic acids is 1. The minimum atomic E-state index is -1.24. The van der Waals surface area contributed by atoms with Crippen LogP contribution in [-0.4, -0.2) is 23.0 Å². The molecule has 0 aliphatic rings. The summed E-state index contributed by atoms with van der Waals surface area (Å²) in [6, 6.07) is 2.56. The molecule has 1 aromatic carbocycles. The Hall–Kier alpha value is -1.87. The van der Waals surface area contributed by atoms with Crippen LogP contribution < -0.4 is 5.32 Å². The molecule has 0 spiro atoms.